The molecule has 0 aromatic carbocycles. The normalized spacial score (nSPS) is 22.7. The third kappa shape index (κ3) is 6.63. The first-order valence-corrected chi connectivity index (χ1v) is 11.2. The van der Waals surface area contributed by atoms with E-state index in [4.69, 9.17) is 14.6 Å². The number of nitrogens with zero attached hydrogens (tertiary/aromatic N) is 4. The molecule has 1 aromatic heterocycles. The quantitative estimate of drug-likeness (QED) is 0.704. The molecule has 33 heavy (non-hydrogen) atoms. The van der Waals surface area contributed by atoms with Crippen molar-refractivity contribution in [1.29, 1.82) is 0 Å². The van der Waals surface area contributed by atoms with Crippen molar-refractivity contribution in [2.45, 2.75) is 63.2 Å². The Balaban J connectivity index is 0.000000383. The van der Waals surface area contributed by atoms with Crippen molar-refractivity contribution in [3.63, 3.8) is 0 Å². The number of carboxylic acid groups (broad SMARTS) is 1. The summed E-state index contributed by atoms with van der Waals surface area (Å²) < 4.78 is 37.7. The molecule has 1 atom stereocenters. The second kappa shape index (κ2) is 10.3. The van der Waals surface area contributed by atoms with Crippen LogP contribution in [0.2, 0.25) is 0 Å². The van der Waals surface area contributed by atoms with Crippen LogP contribution in [0.5, 0.6) is 0 Å². The Labute approximate surface area is 191 Å². The molecule has 0 radical (unpaired) electrons. The van der Waals surface area contributed by atoms with Crippen LogP contribution in [0.3, 0.4) is 0 Å². The van der Waals surface area contributed by atoms with Crippen LogP contribution in [-0.2, 0) is 9.53 Å². The first-order valence-electron chi connectivity index (χ1n) is 11.2. The molecule has 11 heteroatoms. The summed E-state index contributed by atoms with van der Waals surface area (Å²) in [7, 11) is 2.25. The molecular formula is C22H31F3N4O4. The molecule has 2 aliphatic heterocycles. The summed E-state index contributed by atoms with van der Waals surface area (Å²) in [6, 6.07) is 0.527. The molecule has 8 nitrogen and oxygen atoms in total. The molecule has 1 spiro atoms. The fourth-order valence-corrected chi connectivity index (χ4v) is 4.44. The van der Waals surface area contributed by atoms with Crippen molar-refractivity contribution in [2.75, 3.05) is 33.4 Å². The molecule has 1 amide bonds. The SMILES string of the molecule is Cc1cnc(C(=O)N2CCC3(CCC(COCC4CC4)N3C)CC2)cn1.O=C(O)C(F)(F)F. The maximum Gasteiger partial charge on any atom is 0.490 e. The number of ether oxygens (including phenoxy) is 1. The van der Waals surface area contributed by atoms with Crippen LogP contribution >= 0.6 is 0 Å². The van der Waals surface area contributed by atoms with Crippen molar-refractivity contribution in [2.24, 2.45) is 5.92 Å². The largest absolute Gasteiger partial charge is 0.490 e. The second-order valence-corrected chi connectivity index (χ2v) is 9.15. The smallest absolute Gasteiger partial charge is 0.475 e. The third-order valence-corrected chi connectivity index (χ3v) is 6.82. The Bertz CT molecular complexity index is 822. The van der Waals surface area contributed by atoms with Crippen molar-refractivity contribution in [3.8, 4) is 0 Å². The molecular weight excluding hydrogens is 441 g/mol. The van der Waals surface area contributed by atoms with Gasteiger partial charge >= 0.3 is 12.1 Å². The van der Waals surface area contributed by atoms with E-state index in [2.05, 4.69) is 21.9 Å². The number of carbonyl (C=O) groups excluding carboxylic acids is 1. The Hall–Kier alpha value is -2.27. The van der Waals surface area contributed by atoms with Crippen molar-refractivity contribution < 1.29 is 32.6 Å². The summed E-state index contributed by atoms with van der Waals surface area (Å²) in [6.45, 7) is 5.28. The van der Waals surface area contributed by atoms with Gasteiger partial charge in [0.05, 0.1) is 18.5 Å². The number of likely N-dealkylation sites (N-methyl/N-ethyl adjacent to an activating group) is 1. The number of likely N-dealkylation sites (tertiary alicyclic amines) is 2. The molecule has 3 heterocycles. The van der Waals surface area contributed by atoms with Crippen molar-refractivity contribution in [1.82, 2.24) is 19.8 Å². The number of amides is 1. The van der Waals surface area contributed by atoms with Gasteiger partial charge in [-0.25, -0.2) is 9.78 Å². The maximum atomic E-state index is 12.7. The fourth-order valence-electron chi connectivity index (χ4n) is 4.44. The molecule has 2 saturated heterocycles. The Morgan fingerprint density at radius 2 is 1.76 bits per heavy atom. The molecule has 184 valence electrons. The van der Waals surface area contributed by atoms with Gasteiger partial charge in [-0.3, -0.25) is 14.7 Å². The number of hydrogen-bond acceptors (Lipinski definition) is 6. The van der Waals surface area contributed by atoms with E-state index in [-0.39, 0.29) is 11.4 Å². The Morgan fingerprint density at radius 3 is 2.27 bits per heavy atom. The van der Waals surface area contributed by atoms with Gasteiger partial charge in [0, 0.05) is 37.5 Å². The minimum Gasteiger partial charge on any atom is -0.475 e. The average Bonchev–Trinajstić information content (AvgIpc) is 3.55. The number of aliphatic carboxylic acids is 1. The summed E-state index contributed by atoms with van der Waals surface area (Å²) in [5.74, 6) is -1.92. The number of alkyl halides is 3. The summed E-state index contributed by atoms with van der Waals surface area (Å²) in [6.07, 6.45) is 5.36. The lowest BCUT2D eigenvalue weighted by Crippen LogP contribution is -2.54. The monoisotopic (exact) mass is 472 g/mol. The molecule has 1 unspecified atom stereocenters. The van der Waals surface area contributed by atoms with Gasteiger partial charge in [0.2, 0.25) is 0 Å². The molecule has 3 aliphatic rings. The summed E-state index contributed by atoms with van der Waals surface area (Å²) in [4.78, 5) is 34.5. The highest BCUT2D eigenvalue weighted by molar-refractivity contribution is 5.92. The predicted molar refractivity (Wildman–Crippen MR) is 113 cm³/mol. The number of carbonyl (C=O) groups is 2. The first kappa shape index (κ1) is 25.4. The second-order valence-electron chi connectivity index (χ2n) is 9.15. The van der Waals surface area contributed by atoms with E-state index < -0.39 is 12.1 Å². The predicted octanol–water partition coefficient (Wildman–Crippen LogP) is 2.91. The van der Waals surface area contributed by atoms with E-state index in [1.54, 1.807) is 12.4 Å². The third-order valence-electron chi connectivity index (χ3n) is 6.82. The van der Waals surface area contributed by atoms with Crippen LogP contribution in [0.25, 0.3) is 0 Å². The summed E-state index contributed by atoms with van der Waals surface area (Å²) in [5, 5.41) is 7.12. The molecule has 3 fully saturated rings. The topological polar surface area (TPSA) is 95.9 Å². The van der Waals surface area contributed by atoms with Crippen LogP contribution in [0.15, 0.2) is 12.4 Å². The molecule has 4 rings (SSSR count). The van der Waals surface area contributed by atoms with E-state index >= 15 is 0 Å². The van der Waals surface area contributed by atoms with Gasteiger partial charge in [0.15, 0.2) is 0 Å². The summed E-state index contributed by atoms with van der Waals surface area (Å²) >= 11 is 0. The fraction of sp³-hybridized carbons (Fsp3) is 0.727. The number of piperidine rings is 1. The number of rotatable bonds is 5. The zero-order valence-electron chi connectivity index (χ0n) is 19.0. The highest BCUT2D eigenvalue weighted by Gasteiger charge is 2.46. The zero-order valence-corrected chi connectivity index (χ0v) is 19.0. The number of aromatic nitrogens is 2. The van der Waals surface area contributed by atoms with E-state index in [1.165, 1.54) is 25.7 Å². The van der Waals surface area contributed by atoms with Gasteiger partial charge in [-0.2, -0.15) is 13.2 Å². The van der Waals surface area contributed by atoms with Gasteiger partial charge in [0.25, 0.3) is 5.91 Å². The lowest BCUT2D eigenvalue weighted by atomic mass is 9.85. The van der Waals surface area contributed by atoms with Gasteiger partial charge < -0.3 is 14.7 Å². The average molecular weight is 473 g/mol. The number of aryl methyl sites for hydroxylation is 1. The molecule has 0 bridgehead atoms. The van der Waals surface area contributed by atoms with Crippen molar-refractivity contribution >= 4 is 11.9 Å². The van der Waals surface area contributed by atoms with Crippen LogP contribution in [0.4, 0.5) is 13.2 Å². The van der Waals surface area contributed by atoms with Gasteiger partial charge in [0.1, 0.15) is 5.69 Å². The van der Waals surface area contributed by atoms with Gasteiger partial charge in [-0.05, 0) is 58.4 Å². The van der Waals surface area contributed by atoms with Crippen LogP contribution < -0.4 is 0 Å². The number of halogens is 3. The Morgan fingerprint density at radius 1 is 1.12 bits per heavy atom. The lowest BCUT2D eigenvalue weighted by molar-refractivity contribution is -0.192. The molecule has 1 N–H and O–H groups in total. The standard InChI is InChI=1S/C20H30N4O2.C2HF3O2/c1-15-11-22-18(12-21-15)19(25)24-9-7-20(8-10-24)6-5-17(23(20)2)14-26-13-16-3-4-16;3-2(4,5)1(6)7/h11-12,16-17H,3-10,13-14H2,1-2H3;(H,6,7). The minimum atomic E-state index is -5.08. The highest BCUT2D eigenvalue weighted by atomic mass is 19.4. The van der Waals surface area contributed by atoms with Gasteiger partial charge in [-0.1, -0.05) is 0 Å². The van der Waals surface area contributed by atoms with Gasteiger partial charge in [-0.15, -0.1) is 0 Å². The van der Waals surface area contributed by atoms with Crippen LogP contribution in [0.1, 0.15) is 54.7 Å². The summed E-state index contributed by atoms with van der Waals surface area (Å²) in [5.41, 5.74) is 1.53. The van der Waals surface area contributed by atoms with E-state index in [0.717, 1.165) is 50.8 Å². The molecule has 1 saturated carbocycles. The molecule has 1 aliphatic carbocycles. The lowest BCUT2D eigenvalue weighted by Gasteiger charge is -2.45. The van der Waals surface area contributed by atoms with Crippen molar-refractivity contribution in [3.05, 3.63) is 23.8 Å². The van der Waals surface area contributed by atoms with Crippen LogP contribution in [-0.4, -0.2) is 87.9 Å². The zero-order chi connectivity index (χ0) is 24.2. The maximum absolute atomic E-state index is 12.7. The minimum absolute atomic E-state index is 0.0114. The van der Waals surface area contributed by atoms with Crippen LogP contribution in [0, 0.1) is 12.8 Å². The highest BCUT2D eigenvalue weighted by Crippen LogP contribution is 2.41. The van der Waals surface area contributed by atoms with E-state index in [1.807, 2.05) is 11.8 Å². The first-order chi connectivity index (χ1) is 15.5. The Kier molecular flexibility index (Phi) is 7.94. The van der Waals surface area contributed by atoms with E-state index in [9.17, 15) is 18.0 Å². The molecule has 1 aromatic rings. The van der Waals surface area contributed by atoms with E-state index in [0.29, 0.717) is 11.7 Å². The number of carboxylic acids is 1. The number of hydrogen-bond donors (Lipinski definition) is 1.